The van der Waals surface area contributed by atoms with Crippen LogP contribution in [0.25, 0.3) is 0 Å². The van der Waals surface area contributed by atoms with Crippen LogP contribution in [0.5, 0.6) is 0 Å². The number of para-hydroxylation sites is 1. The molecule has 3 aromatic rings. The molecule has 1 amide bonds. The highest BCUT2D eigenvalue weighted by Crippen LogP contribution is 2.18. The number of carbonyl (C=O) groups excluding carboxylic acids is 1. The van der Waals surface area contributed by atoms with Crippen LogP contribution in [-0.4, -0.2) is 47.0 Å². The van der Waals surface area contributed by atoms with Crippen LogP contribution in [0.2, 0.25) is 0 Å². The molecule has 1 saturated heterocycles. The van der Waals surface area contributed by atoms with Gasteiger partial charge in [0, 0.05) is 43.2 Å². The van der Waals surface area contributed by atoms with Crippen molar-refractivity contribution in [2.45, 2.75) is 13.8 Å². The zero-order chi connectivity index (χ0) is 20.2. The first kappa shape index (κ1) is 18.9. The van der Waals surface area contributed by atoms with Crippen LogP contribution < -0.4 is 10.2 Å². The molecule has 0 atom stereocenters. The van der Waals surface area contributed by atoms with Gasteiger partial charge in [-0.1, -0.05) is 30.3 Å². The Morgan fingerprint density at radius 1 is 0.897 bits per heavy atom. The molecular weight excluding hydrogens is 362 g/mol. The predicted molar refractivity (Wildman–Crippen MR) is 116 cm³/mol. The summed E-state index contributed by atoms with van der Waals surface area (Å²) in [4.78, 5) is 26.1. The molecule has 1 aliphatic rings. The Balaban J connectivity index is 1.45. The van der Waals surface area contributed by atoms with E-state index in [1.54, 1.807) is 6.07 Å². The number of benzene rings is 2. The number of nitrogens with zero attached hydrogens (tertiary/aromatic N) is 4. The molecule has 29 heavy (non-hydrogen) atoms. The normalized spacial score (nSPS) is 14.0. The number of aryl methyl sites for hydroxylation is 2. The minimum absolute atomic E-state index is 0.0458. The third-order valence-electron chi connectivity index (χ3n) is 5.04. The number of anilines is 3. The van der Waals surface area contributed by atoms with Crippen LogP contribution in [0, 0.1) is 13.8 Å². The van der Waals surface area contributed by atoms with Crippen LogP contribution in [0.1, 0.15) is 21.7 Å². The highest BCUT2D eigenvalue weighted by atomic mass is 16.2. The molecular formula is C23H25N5O. The molecule has 0 unspecified atom stereocenters. The van der Waals surface area contributed by atoms with E-state index in [0.29, 0.717) is 24.7 Å². The lowest BCUT2D eigenvalue weighted by molar-refractivity contribution is 0.0740. The van der Waals surface area contributed by atoms with Crippen molar-refractivity contribution in [1.82, 2.24) is 14.9 Å². The minimum Gasteiger partial charge on any atom is -0.368 e. The maximum absolute atomic E-state index is 13.0. The van der Waals surface area contributed by atoms with Crippen molar-refractivity contribution >= 4 is 23.2 Å². The molecule has 2 aromatic carbocycles. The van der Waals surface area contributed by atoms with Crippen molar-refractivity contribution in [2.24, 2.45) is 0 Å². The van der Waals surface area contributed by atoms with Crippen molar-refractivity contribution in [3.63, 3.8) is 0 Å². The van der Waals surface area contributed by atoms with Crippen molar-refractivity contribution in [3.8, 4) is 0 Å². The van der Waals surface area contributed by atoms with E-state index in [9.17, 15) is 4.79 Å². The van der Waals surface area contributed by atoms with E-state index in [-0.39, 0.29) is 5.91 Å². The van der Waals surface area contributed by atoms with Gasteiger partial charge in [0.1, 0.15) is 5.69 Å². The van der Waals surface area contributed by atoms with E-state index < -0.39 is 0 Å². The van der Waals surface area contributed by atoms with E-state index >= 15 is 0 Å². The van der Waals surface area contributed by atoms with Gasteiger partial charge in [0.15, 0.2) is 0 Å². The Hall–Kier alpha value is -3.41. The summed E-state index contributed by atoms with van der Waals surface area (Å²) in [6.07, 6.45) is 0. The quantitative estimate of drug-likeness (QED) is 0.738. The summed E-state index contributed by atoms with van der Waals surface area (Å²) in [7, 11) is 0. The van der Waals surface area contributed by atoms with Crippen molar-refractivity contribution in [2.75, 3.05) is 36.4 Å². The minimum atomic E-state index is -0.0458. The molecule has 0 saturated carbocycles. The van der Waals surface area contributed by atoms with Gasteiger partial charge >= 0.3 is 0 Å². The van der Waals surface area contributed by atoms with Crippen LogP contribution in [0.15, 0.2) is 60.7 Å². The van der Waals surface area contributed by atoms with Crippen molar-refractivity contribution in [1.29, 1.82) is 0 Å². The topological polar surface area (TPSA) is 61.4 Å². The number of carbonyl (C=O) groups is 1. The summed E-state index contributed by atoms with van der Waals surface area (Å²) in [6, 6.07) is 20.1. The maximum atomic E-state index is 13.0. The fraction of sp³-hybridized carbons (Fsp3) is 0.261. The first-order chi connectivity index (χ1) is 14.1. The fourth-order valence-corrected chi connectivity index (χ4v) is 3.55. The van der Waals surface area contributed by atoms with Gasteiger partial charge in [0.25, 0.3) is 5.91 Å². The average Bonchev–Trinajstić information content (AvgIpc) is 2.73. The van der Waals surface area contributed by atoms with Gasteiger partial charge in [0.2, 0.25) is 5.95 Å². The molecule has 1 aromatic heterocycles. The molecule has 0 spiro atoms. The SMILES string of the molecule is Cc1cccc(Nc2nc(C)cc(C(=O)N3CCN(c4ccccc4)CC3)n2)c1. The monoisotopic (exact) mass is 387 g/mol. The molecule has 1 N–H and O–H groups in total. The Morgan fingerprint density at radius 2 is 1.66 bits per heavy atom. The number of rotatable bonds is 4. The Bertz CT molecular complexity index is 997. The Morgan fingerprint density at radius 3 is 2.38 bits per heavy atom. The van der Waals surface area contributed by atoms with Crippen LogP contribution in [-0.2, 0) is 0 Å². The summed E-state index contributed by atoms with van der Waals surface area (Å²) in [5.74, 6) is 0.400. The largest absolute Gasteiger partial charge is 0.368 e. The summed E-state index contributed by atoms with van der Waals surface area (Å²) >= 11 is 0. The third-order valence-corrected chi connectivity index (χ3v) is 5.04. The Labute approximate surface area is 171 Å². The third kappa shape index (κ3) is 4.54. The van der Waals surface area contributed by atoms with E-state index in [0.717, 1.165) is 30.0 Å². The molecule has 0 aliphatic carbocycles. The highest BCUT2D eigenvalue weighted by molar-refractivity contribution is 5.93. The van der Waals surface area contributed by atoms with Gasteiger partial charge in [0.05, 0.1) is 0 Å². The standard InChI is InChI=1S/C23H25N5O/c1-17-7-6-8-19(15-17)25-23-24-18(2)16-21(26-23)22(29)28-13-11-27(12-14-28)20-9-4-3-5-10-20/h3-10,15-16H,11-14H2,1-2H3,(H,24,25,26). The lowest BCUT2D eigenvalue weighted by Crippen LogP contribution is -2.49. The lowest BCUT2D eigenvalue weighted by atomic mass is 10.2. The number of amides is 1. The second kappa shape index (κ2) is 8.31. The van der Waals surface area contributed by atoms with Crippen LogP contribution in [0.4, 0.5) is 17.3 Å². The van der Waals surface area contributed by atoms with Gasteiger partial charge in [-0.2, -0.15) is 0 Å². The van der Waals surface area contributed by atoms with Gasteiger partial charge < -0.3 is 15.1 Å². The van der Waals surface area contributed by atoms with Gasteiger partial charge in [-0.3, -0.25) is 4.79 Å². The molecule has 4 rings (SSSR count). The summed E-state index contributed by atoms with van der Waals surface area (Å²) < 4.78 is 0. The van der Waals surface area contributed by atoms with Crippen molar-refractivity contribution in [3.05, 3.63) is 77.6 Å². The average molecular weight is 387 g/mol. The van der Waals surface area contributed by atoms with E-state index in [1.165, 1.54) is 5.69 Å². The maximum Gasteiger partial charge on any atom is 0.272 e. The number of hydrogen-bond acceptors (Lipinski definition) is 5. The smallest absolute Gasteiger partial charge is 0.272 e. The summed E-state index contributed by atoms with van der Waals surface area (Å²) in [5, 5.41) is 3.21. The first-order valence-electron chi connectivity index (χ1n) is 9.87. The summed E-state index contributed by atoms with van der Waals surface area (Å²) in [5.41, 5.74) is 4.45. The Kier molecular flexibility index (Phi) is 5.42. The zero-order valence-corrected chi connectivity index (χ0v) is 16.8. The molecule has 2 heterocycles. The van der Waals surface area contributed by atoms with Crippen LogP contribution >= 0.6 is 0 Å². The summed E-state index contributed by atoms with van der Waals surface area (Å²) in [6.45, 7) is 6.90. The number of piperazine rings is 1. The molecule has 6 nitrogen and oxygen atoms in total. The predicted octanol–water partition coefficient (Wildman–Crippen LogP) is 3.80. The second-order valence-electron chi connectivity index (χ2n) is 7.33. The number of nitrogens with one attached hydrogen (secondary N) is 1. The second-order valence-corrected chi connectivity index (χ2v) is 7.33. The van der Waals surface area contributed by atoms with Gasteiger partial charge in [-0.05, 0) is 49.7 Å². The number of hydrogen-bond donors (Lipinski definition) is 1. The molecule has 6 heteroatoms. The van der Waals surface area contributed by atoms with Gasteiger partial charge in [-0.15, -0.1) is 0 Å². The van der Waals surface area contributed by atoms with E-state index in [1.807, 2.05) is 61.2 Å². The van der Waals surface area contributed by atoms with Crippen LogP contribution in [0.3, 0.4) is 0 Å². The molecule has 0 radical (unpaired) electrons. The van der Waals surface area contributed by atoms with Gasteiger partial charge in [-0.25, -0.2) is 9.97 Å². The van der Waals surface area contributed by atoms with E-state index in [4.69, 9.17) is 0 Å². The van der Waals surface area contributed by atoms with E-state index in [2.05, 4.69) is 32.3 Å². The zero-order valence-electron chi connectivity index (χ0n) is 16.8. The molecule has 1 aliphatic heterocycles. The highest BCUT2D eigenvalue weighted by Gasteiger charge is 2.24. The molecule has 0 bridgehead atoms. The number of aromatic nitrogens is 2. The molecule has 148 valence electrons. The lowest BCUT2D eigenvalue weighted by Gasteiger charge is -2.36. The fourth-order valence-electron chi connectivity index (χ4n) is 3.55. The first-order valence-corrected chi connectivity index (χ1v) is 9.87. The molecule has 1 fully saturated rings. The van der Waals surface area contributed by atoms with Crippen molar-refractivity contribution < 1.29 is 4.79 Å².